The highest BCUT2D eigenvalue weighted by molar-refractivity contribution is 5.74. The highest BCUT2D eigenvalue weighted by Gasteiger charge is 2.31. The molecular formula is C22H23FN8O. The van der Waals surface area contributed by atoms with E-state index in [1.165, 1.54) is 18.3 Å². The highest BCUT2D eigenvalue weighted by Crippen LogP contribution is 2.31. The van der Waals surface area contributed by atoms with E-state index >= 15 is 0 Å². The molecule has 0 bridgehead atoms. The van der Waals surface area contributed by atoms with Crippen molar-refractivity contribution in [3.63, 3.8) is 0 Å². The van der Waals surface area contributed by atoms with E-state index in [4.69, 9.17) is 5.73 Å². The van der Waals surface area contributed by atoms with Gasteiger partial charge in [0.2, 0.25) is 5.95 Å². The molecule has 5 rings (SSSR count). The Hall–Kier alpha value is -3.63. The summed E-state index contributed by atoms with van der Waals surface area (Å²) in [5, 5.41) is 18.0. The largest absolute Gasteiger partial charge is 0.391 e. The molecule has 0 aliphatic carbocycles. The fourth-order valence-electron chi connectivity index (χ4n) is 4.06. The van der Waals surface area contributed by atoms with Gasteiger partial charge in [-0.25, -0.2) is 9.37 Å². The van der Waals surface area contributed by atoms with Crippen molar-refractivity contribution in [1.82, 2.24) is 24.6 Å². The van der Waals surface area contributed by atoms with Gasteiger partial charge < -0.3 is 21.1 Å². The van der Waals surface area contributed by atoms with Gasteiger partial charge in [-0.2, -0.15) is 9.61 Å². The Morgan fingerprint density at radius 3 is 2.81 bits per heavy atom. The molecule has 3 atom stereocenters. The van der Waals surface area contributed by atoms with Gasteiger partial charge in [0.15, 0.2) is 5.82 Å². The van der Waals surface area contributed by atoms with Crippen molar-refractivity contribution < 1.29 is 9.50 Å². The van der Waals surface area contributed by atoms with Crippen molar-refractivity contribution in [2.45, 2.75) is 19.1 Å². The van der Waals surface area contributed by atoms with Crippen LogP contribution in [0.3, 0.4) is 0 Å². The molecule has 1 aliphatic rings. The first-order valence-corrected chi connectivity index (χ1v) is 10.4. The molecule has 1 saturated heterocycles. The molecule has 1 fully saturated rings. The van der Waals surface area contributed by atoms with Gasteiger partial charge >= 0.3 is 0 Å². The van der Waals surface area contributed by atoms with Gasteiger partial charge in [-0.3, -0.25) is 9.97 Å². The van der Waals surface area contributed by atoms with E-state index in [2.05, 4.69) is 30.3 Å². The molecule has 4 aromatic heterocycles. The number of rotatable bonds is 4. The Morgan fingerprint density at radius 2 is 2.00 bits per heavy atom. The third kappa shape index (κ3) is 3.63. The van der Waals surface area contributed by atoms with E-state index < -0.39 is 11.9 Å². The maximum Gasteiger partial charge on any atom is 0.229 e. The molecule has 0 aromatic carbocycles. The van der Waals surface area contributed by atoms with Crippen molar-refractivity contribution in [3.8, 4) is 11.4 Å². The summed E-state index contributed by atoms with van der Waals surface area (Å²) < 4.78 is 15.8. The van der Waals surface area contributed by atoms with E-state index in [1.807, 2.05) is 19.1 Å². The van der Waals surface area contributed by atoms with E-state index in [1.54, 1.807) is 29.2 Å². The van der Waals surface area contributed by atoms with Crippen LogP contribution in [0.5, 0.6) is 0 Å². The average molecular weight is 434 g/mol. The number of aromatic nitrogens is 5. The summed E-state index contributed by atoms with van der Waals surface area (Å²) in [5.41, 5.74) is 9.09. The lowest BCUT2D eigenvalue weighted by molar-refractivity contribution is 0.0785. The van der Waals surface area contributed by atoms with Crippen LogP contribution in [-0.4, -0.2) is 54.9 Å². The van der Waals surface area contributed by atoms with Crippen LogP contribution in [0.25, 0.3) is 16.9 Å². The van der Waals surface area contributed by atoms with Crippen molar-refractivity contribution in [3.05, 3.63) is 60.9 Å². The van der Waals surface area contributed by atoms with Crippen molar-refractivity contribution in [2.75, 3.05) is 23.3 Å². The van der Waals surface area contributed by atoms with E-state index in [0.29, 0.717) is 24.7 Å². The number of nitrogens with one attached hydrogen (secondary N) is 1. The molecule has 5 heterocycles. The van der Waals surface area contributed by atoms with Crippen LogP contribution in [0.2, 0.25) is 0 Å². The van der Waals surface area contributed by atoms with E-state index in [0.717, 1.165) is 16.9 Å². The molecule has 4 N–H and O–H groups in total. The minimum atomic E-state index is -0.532. The molecule has 0 unspecified atom stereocenters. The van der Waals surface area contributed by atoms with Gasteiger partial charge in [-0.15, -0.1) is 0 Å². The lowest BCUT2D eigenvalue weighted by atomic mass is 9.92. The molecule has 32 heavy (non-hydrogen) atoms. The number of hydrogen-bond acceptors (Lipinski definition) is 8. The second-order valence-corrected chi connectivity index (χ2v) is 8.03. The average Bonchev–Trinajstić information content (AvgIpc) is 3.20. The van der Waals surface area contributed by atoms with E-state index in [-0.39, 0.29) is 17.7 Å². The number of anilines is 3. The SMILES string of the molecule is C[C@H]1CN(c2ccncc2Nc2ncc3ccc(-c4ncccc4F)nn23)C[C@H](N)[C@H]1O. The molecule has 0 radical (unpaired) electrons. The Kier molecular flexibility index (Phi) is 5.16. The number of nitrogens with two attached hydrogens (primary N) is 1. The summed E-state index contributed by atoms with van der Waals surface area (Å²) in [6, 6.07) is 7.97. The van der Waals surface area contributed by atoms with Crippen molar-refractivity contribution >= 4 is 22.8 Å². The lowest BCUT2D eigenvalue weighted by Gasteiger charge is -2.40. The molecule has 0 amide bonds. The predicted molar refractivity (Wildman–Crippen MR) is 119 cm³/mol. The summed E-state index contributed by atoms with van der Waals surface area (Å²) in [6.45, 7) is 3.17. The number of imidazole rings is 1. The van der Waals surface area contributed by atoms with Crippen LogP contribution >= 0.6 is 0 Å². The van der Waals surface area contributed by atoms with Gasteiger partial charge in [-0.05, 0) is 30.3 Å². The lowest BCUT2D eigenvalue weighted by Crippen LogP contribution is -2.55. The number of fused-ring (bicyclic) bond motifs is 1. The third-order valence-electron chi connectivity index (χ3n) is 5.73. The van der Waals surface area contributed by atoms with Crippen LogP contribution in [0.4, 0.5) is 21.7 Å². The maximum atomic E-state index is 14.2. The molecule has 0 saturated carbocycles. The molecule has 0 spiro atoms. The number of aliphatic hydroxyl groups is 1. The second kappa shape index (κ2) is 8.13. The van der Waals surface area contributed by atoms with Gasteiger partial charge in [0.05, 0.1) is 35.4 Å². The van der Waals surface area contributed by atoms with Crippen LogP contribution in [0.1, 0.15) is 6.92 Å². The van der Waals surface area contributed by atoms with Gasteiger partial charge in [0, 0.05) is 37.4 Å². The zero-order chi connectivity index (χ0) is 22.2. The van der Waals surface area contributed by atoms with Gasteiger partial charge in [0.1, 0.15) is 11.4 Å². The number of aliphatic hydroxyl groups excluding tert-OH is 1. The quantitative estimate of drug-likeness (QED) is 0.448. The van der Waals surface area contributed by atoms with Crippen LogP contribution < -0.4 is 16.0 Å². The molecule has 10 heteroatoms. The van der Waals surface area contributed by atoms with Crippen LogP contribution in [0, 0.1) is 11.7 Å². The third-order valence-corrected chi connectivity index (χ3v) is 5.73. The summed E-state index contributed by atoms with van der Waals surface area (Å²) in [5.74, 6) is 0.0487. The fourth-order valence-corrected chi connectivity index (χ4v) is 4.06. The molecule has 164 valence electrons. The monoisotopic (exact) mass is 434 g/mol. The minimum absolute atomic E-state index is 0.0320. The molecule has 4 aromatic rings. The summed E-state index contributed by atoms with van der Waals surface area (Å²) in [7, 11) is 0. The Morgan fingerprint density at radius 1 is 1.12 bits per heavy atom. The first-order valence-electron chi connectivity index (χ1n) is 10.4. The molecule has 9 nitrogen and oxygen atoms in total. The smallest absolute Gasteiger partial charge is 0.229 e. The Bertz CT molecular complexity index is 1250. The van der Waals surface area contributed by atoms with Crippen molar-refractivity contribution in [2.24, 2.45) is 11.7 Å². The predicted octanol–water partition coefficient (Wildman–Crippen LogP) is 2.21. The normalized spacial score (nSPS) is 21.1. The van der Waals surface area contributed by atoms with Gasteiger partial charge in [0.25, 0.3) is 0 Å². The number of hydrogen-bond donors (Lipinski definition) is 3. The number of pyridine rings is 2. The Balaban J connectivity index is 1.49. The first kappa shape index (κ1) is 20.3. The summed E-state index contributed by atoms with van der Waals surface area (Å²) >= 11 is 0. The minimum Gasteiger partial charge on any atom is -0.391 e. The Labute approximate surface area is 183 Å². The standard InChI is InChI=1S/C22H23FN8O/c1-13-11-30(12-16(24)21(13)32)19-6-8-25-10-18(19)28-22-27-9-14-4-5-17(29-31(14)22)20-15(23)3-2-7-26-20/h2-10,13,16,21,32H,11-12,24H2,1H3,(H,27,28)/t13-,16-,21-/m0/s1. The number of halogens is 1. The van der Waals surface area contributed by atoms with E-state index in [9.17, 15) is 9.50 Å². The zero-order valence-corrected chi connectivity index (χ0v) is 17.4. The fraction of sp³-hybridized carbons (Fsp3) is 0.273. The summed E-state index contributed by atoms with van der Waals surface area (Å²) in [6.07, 6.45) is 6.10. The molecule has 1 aliphatic heterocycles. The topological polar surface area (TPSA) is 117 Å². The highest BCUT2D eigenvalue weighted by atomic mass is 19.1. The summed E-state index contributed by atoms with van der Waals surface area (Å²) in [4.78, 5) is 14.9. The molecular weight excluding hydrogens is 411 g/mol. The number of nitrogens with zero attached hydrogens (tertiary/aromatic N) is 6. The first-order chi connectivity index (χ1) is 15.5. The maximum absolute atomic E-state index is 14.2. The van der Waals surface area contributed by atoms with Crippen molar-refractivity contribution in [1.29, 1.82) is 0 Å². The number of piperidine rings is 1. The van der Waals surface area contributed by atoms with Gasteiger partial charge in [-0.1, -0.05) is 6.92 Å². The van der Waals surface area contributed by atoms with Crippen LogP contribution in [0.15, 0.2) is 55.1 Å². The van der Waals surface area contributed by atoms with Crippen LogP contribution in [-0.2, 0) is 0 Å². The second-order valence-electron chi connectivity index (χ2n) is 8.03. The zero-order valence-electron chi connectivity index (χ0n) is 17.4.